The standard InChI is InChI=1S/C17H20N2O2/c1-11-7-8-18-16(9-11)19-17(20)6-4-13-3-5-15(21-13)14-10-12(14)2/h3,5,7-9,12,14H,4,6,10H2,1-2H3,(H,18,19,20)/t12-,14-/m0/s1. The van der Waals surface area contributed by atoms with E-state index in [1.165, 1.54) is 6.42 Å². The summed E-state index contributed by atoms with van der Waals surface area (Å²) in [6.45, 7) is 4.20. The minimum Gasteiger partial charge on any atom is -0.466 e. The van der Waals surface area contributed by atoms with Crippen molar-refractivity contribution in [2.45, 2.75) is 39.0 Å². The van der Waals surface area contributed by atoms with Gasteiger partial charge in [0.2, 0.25) is 5.91 Å². The molecule has 0 unspecified atom stereocenters. The summed E-state index contributed by atoms with van der Waals surface area (Å²) in [5.41, 5.74) is 1.08. The molecule has 0 aliphatic heterocycles. The third-order valence-electron chi connectivity index (χ3n) is 3.94. The predicted octanol–water partition coefficient (Wildman–Crippen LogP) is 3.68. The third-order valence-corrected chi connectivity index (χ3v) is 3.94. The van der Waals surface area contributed by atoms with E-state index in [9.17, 15) is 4.79 Å². The first kappa shape index (κ1) is 13.9. The van der Waals surface area contributed by atoms with E-state index in [0.29, 0.717) is 24.6 Å². The van der Waals surface area contributed by atoms with Crippen LogP contribution in [-0.4, -0.2) is 10.9 Å². The highest BCUT2D eigenvalue weighted by molar-refractivity contribution is 5.89. The first-order valence-corrected chi connectivity index (χ1v) is 7.43. The van der Waals surface area contributed by atoms with Crippen LogP contribution in [0.3, 0.4) is 0 Å². The fourth-order valence-corrected chi connectivity index (χ4v) is 2.49. The van der Waals surface area contributed by atoms with Crippen molar-refractivity contribution < 1.29 is 9.21 Å². The molecule has 2 heterocycles. The van der Waals surface area contributed by atoms with Crippen LogP contribution in [0.25, 0.3) is 0 Å². The van der Waals surface area contributed by atoms with Crippen LogP contribution in [-0.2, 0) is 11.2 Å². The normalized spacial score (nSPS) is 20.3. The van der Waals surface area contributed by atoms with E-state index in [-0.39, 0.29) is 5.91 Å². The highest BCUT2D eigenvalue weighted by Crippen LogP contribution is 2.47. The van der Waals surface area contributed by atoms with Crippen molar-refractivity contribution in [1.82, 2.24) is 4.98 Å². The highest BCUT2D eigenvalue weighted by Gasteiger charge is 2.36. The Morgan fingerprint density at radius 2 is 2.24 bits per heavy atom. The van der Waals surface area contributed by atoms with Gasteiger partial charge in [-0.25, -0.2) is 4.98 Å². The summed E-state index contributed by atoms with van der Waals surface area (Å²) < 4.78 is 5.80. The quantitative estimate of drug-likeness (QED) is 0.911. The van der Waals surface area contributed by atoms with Gasteiger partial charge in [-0.05, 0) is 49.1 Å². The van der Waals surface area contributed by atoms with Gasteiger partial charge in [0.1, 0.15) is 17.3 Å². The number of carbonyl (C=O) groups is 1. The number of pyridine rings is 1. The molecule has 0 spiro atoms. The Hall–Kier alpha value is -2.10. The van der Waals surface area contributed by atoms with Crippen molar-refractivity contribution >= 4 is 11.7 Å². The SMILES string of the molecule is Cc1ccnc(NC(=O)CCc2ccc([C@H]3C[C@@H]3C)o2)c1. The molecule has 0 radical (unpaired) electrons. The zero-order valence-corrected chi connectivity index (χ0v) is 12.4. The van der Waals surface area contributed by atoms with Gasteiger partial charge in [-0.15, -0.1) is 0 Å². The molecule has 0 saturated heterocycles. The lowest BCUT2D eigenvalue weighted by Crippen LogP contribution is -2.13. The summed E-state index contributed by atoms with van der Waals surface area (Å²) >= 11 is 0. The first-order valence-electron chi connectivity index (χ1n) is 7.43. The van der Waals surface area contributed by atoms with Gasteiger partial charge in [0, 0.05) is 25.0 Å². The Balaban J connectivity index is 1.50. The van der Waals surface area contributed by atoms with E-state index in [1.807, 2.05) is 31.2 Å². The summed E-state index contributed by atoms with van der Waals surface area (Å²) in [6.07, 6.45) is 3.94. The topological polar surface area (TPSA) is 55.1 Å². The second-order valence-electron chi connectivity index (χ2n) is 5.89. The Kier molecular flexibility index (Phi) is 3.78. The van der Waals surface area contributed by atoms with Crippen LogP contribution in [0.4, 0.5) is 5.82 Å². The average molecular weight is 284 g/mol. The number of nitrogens with zero attached hydrogens (tertiary/aromatic N) is 1. The molecule has 110 valence electrons. The molecule has 2 aromatic heterocycles. The maximum atomic E-state index is 11.9. The van der Waals surface area contributed by atoms with Crippen LogP contribution in [0.1, 0.15) is 42.8 Å². The predicted molar refractivity (Wildman–Crippen MR) is 81.2 cm³/mol. The van der Waals surface area contributed by atoms with Gasteiger partial charge in [0.25, 0.3) is 0 Å². The number of rotatable bonds is 5. The van der Waals surface area contributed by atoms with Gasteiger partial charge in [0.05, 0.1) is 0 Å². The maximum Gasteiger partial charge on any atom is 0.225 e. The van der Waals surface area contributed by atoms with Crippen molar-refractivity contribution in [3.8, 4) is 0 Å². The number of aryl methyl sites for hydroxylation is 2. The van der Waals surface area contributed by atoms with Crippen LogP contribution in [0.5, 0.6) is 0 Å². The fourth-order valence-electron chi connectivity index (χ4n) is 2.49. The summed E-state index contributed by atoms with van der Waals surface area (Å²) in [7, 11) is 0. The second kappa shape index (κ2) is 5.72. The molecule has 1 amide bonds. The zero-order valence-electron chi connectivity index (χ0n) is 12.4. The number of aromatic nitrogens is 1. The Labute approximate surface area is 124 Å². The maximum absolute atomic E-state index is 11.9. The van der Waals surface area contributed by atoms with Crippen LogP contribution < -0.4 is 5.32 Å². The van der Waals surface area contributed by atoms with Crippen LogP contribution in [0.2, 0.25) is 0 Å². The Bertz CT molecular complexity index is 648. The second-order valence-corrected chi connectivity index (χ2v) is 5.89. The van der Waals surface area contributed by atoms with E-state index >= 15 is 0 Å². The van der Waals surface area contributed by atoms with Crippen molar-refractivity contribution in [2.24, 2.45) is 5.92 Å². The average Bonchev–Trinajstić information content (AvgIpc) is 3.00. The lowest BCUT2D eigenvalue weighted by molar-refractivity contribution is -0.116. The van der Waals surface area contributed by atoms with Crippen molar-refractivity contribution in [3.63, 3.8) is 0 Å². The zero-order chi connectivity index (χ0) is 14.8. The van der Waals surface area contributed by atoms with E-state index in [1.54, 1.807) is 6.20 Å². The summed E-state index contributed by atoms with van der Waals surface area (Å²) in [5.74, 6) is 3.84. The van der Waals surface area contributed by atoms with Crippen molar-refractivity contribution in [3.05, 3.63) is 47.5 Å². The summed E-state index contributed by atoms with van der Waals surface area (Å²) in [4.78, 5) is 16.0. The van der Waals surface area contributed by atoms with Crippen molar-refractivity contribution in [1.29, 1.82) is 0 Å². The van der Waals surface area contributed by atoms with Gasteiger partial charge in [-0.2, -0.15) is 0 Å². The largest absolute Gasteiger partial charge is 0.466 e. The monoisotopic (exact) mass is 284 g/mol. The molecule has 1 aliphatic rings. The molecule has 1 aliphatic carbocycles. The van der Waals surface area contributed by atoms with Crippen LogP contribution in [0, 0.1) is 12.8 Å². The molecule has 0 bridgehead atoms. The lowest BCUT2D eigenvalue weighted by atomic mass is 10.2. The number of hydrogen-bond donors (Lipinski definition) is 1. The Morgan fingerprint density at radius 1 is 1.43 bits per heavy atom. The number of carbonyl (C=O) groups excluding carboxylic acids is 1. The van der Waals surface area contributed by atoms with E-state index in [4.69, 9.17) is 4.42 Å². The third kappa shape index (κ3) is 3.51. The van der Waals surface area contributed by atoms with Gasteiger partial charge >= 0.3 is 0 Å². The molecule has 1 saturated carbocycles. The number of nitrogens with one attached hydrogen (secondary N) is 1. The van der Waals surface area contributed by atoms with E-state index in [2.05, 4.69) is 17.2 Å². The number of furan rings is 1. The molecule has 2 aromatic rings. The molecule has 3 rings (SSSR count). The summed E-state index contributed by atoms with van der Waals surface area (Å²) in [5, 5.41) is 2.81. The van der Waals surface area contributed by atoms with Crippen LogP contribution in [0.15, 0.2) is 34.9 Å². The first-order chi connectivity index (χ1) is 10.1. The minimum atomic E-state index is -0.0363. The highest BCUT2D eigenvalue weighted by atomic mass is 16.3. The molecule has 4 nitrogen and oxygen atoms in total. The van der Waals surface area contributed by atoms with Gasteiger partial charge in [-0.1, -0.05) is 6.92 Å². The minimum absolute atomic E-state index is 0.0363. The molecule has 1 fully saturated rings. The number of amides is 1. The van der Waals surface area contributed by atoms with E-state index < -0.39 is 0 Å². The molecule has 21 heavy (non-hydrogen) atoms. The van der Waals surface area contributed by atoms with Gasteiger partial charge in [0.15, 0.2) is 0 Å². The smallest absolute Gasteiger partial charge is 0.225 e. The molecular formula is C17H20N2O2. The Morgan fingerprint density at radius 3 is 2.95 bits per heavy atom. The molecule has 0 aromatic carbocycles. The van der Waals surface area contributed by atoms with Gasteiger partial charge in [-0.3, -0.25) is 4.79 Å². The fraction of sp³-hybridized carbons (Fsp3) is 0.412. The molecule has 2 atom stereocenters. The summed E-state index contributed by atoms with van der Waals surface area (Å²) in [6, 6.07) is 7.79. The van der Waals surface area contributed by atoms with E-state index in [0.717, 1.165) is 23.0 Å². The lowest BCUT2D eigenvalue weighted by Gasteiger charge is -2.04. The van der Waals surface area contributed by atoms with Gasteiger partial charge < -0.3 is 9.73 Å². The molecule has 1 N–H and O–H groups in total. The van der Waals surface area contributed by atoms with Crippen LogP contribution >= 0.6 is 0 Å². The number of anilines is 1. The molecular weight excluding hydrogens is 264 g/mol. The molecule has 4 heteroatoms. The number of hydrogen-bond acceptors (Lipinski definition) is 3. The van der Waals surface area contributed by atoms with Crippen molar-refractivity contribution in [2.75, 3.05) is 5.32 Å².